The highest BCUT2D eigenvalue weighted by atomic mass is 79.9. The number of nitrogens with zero attached hydrogens (tertiary/aromatic N) is 1. The van der Waals surface area contributed by atoms with Crippen LogP contribution in [0.1, 0.15) is 5.56 Å². The molecule has 0 spiro atoms. The molecule has 1 N–H and O–H groups in total. The van der Waals surface area contributed by atoms with Crippen molar-refractivity contribution in [2.24, 2.45) is 0 Å². The second-order valence-corrected chi connectivity index (χ2v) is 4.52. The Morgan fingerprint density at radius 1 is 1.21 bits per heavy atom. The van der Waals surface area contributed by atoms with Gasteiger partial charge in [0, 0.05) is 12.7 Å². The number of rotatable bonds is 3. The van der Waals surface area contributed by atoms with E-state index in [0.29, 0.717) is 5.75 Å². The van der Waals surface area contributed by atoms with E-state index in [1.54, 1.807) is 12.1 Å². The summed E-state index contributed by atoms with van der Waals surface area (Å²) in [5.41, 5.74) is 1.17. The lowest BCUT2D eigenvalue weighted by Crippen LogP contribution is -1.92. The molecule has 0 unspecified atom stereocenters. The molecule has 19 heavy (non-hydrogen) atoms. The third-order valence-electron chi connectivity index (χ3n) is 2.54. The number of benzene rings is 2. The van der Waals surface area contributed by atoms with Crippen molar-refractivity contribution >= 4 is 21.6 Å². The van der Waals surface area contributed by atoms with Crippen LogP contribution in [0.4, 0.5) is 10.1 Å². The van der Waals surface area contributed by atoms with Crippen molar-refractivity contribution in [3.05, 3.63) is 52.3 Å². The summed E-state index contributed by atoms with van der Waals surface area (Å²) >= 11 is 3.04. The first-order valence-electron chi connectivity index (χ1n) is 5.49. The summed E-state index contributed by atoms with van der Waals surface area (Å²) in [5.74, 6) is 0.00864. The van der Waals surface area contributed by atoms with E-state index >= 15 is 0 Å². The molecule has 0 aromatic heterocycles. The molecule has 0 fully saturated rings. The van der Waals surface area contributed by atoms with Crippen LogP contribution in [-0.4, -0.2) is 7.05 Å². The number of ether oxygens (including phenoxy) is 1. The fourth-order valence-electron chi connectivity index (χ4n) is 1.51. The number of anilines is 1. The molecule has 2 rings (SSSR count). The van der Waals surface area contributed by atoms with E-state index < -0.39 is 5.82 Å². The molecular formula is C14H10BrFN2O. The summed E-state index contributed by atoms with van der Waals surface area (Å²) < 4.78 is 19.5. The Morgan fingerprint density at radius 3 is 2.47 bits per heavy atom. The summed E-state index contributed by atoms with van der Waals surface area (Å²) in [7, 11) is 1.81. The number of hydrogen-bond acceptors (Lipinski definition) is 3. The lowest BCUT2D eigenvalue weighted by atomic mass is 10.2. The van der Waals surface area contributed by atoms with Gasteiger partial charge in [-0.05, 0) is 52.3 Å². The molecule has 0 aliphatic heterocycles. The van der Waals surface area contributed by atoms with E-state index in [4.69, 9.17) is 10.00 Å². The monoisotopic (exact) mass is 320 g/mol. The van der Waals surface area contributed by atoms with Crippen LogP contribution in [-0.2, 0) is 0 Å². The zero-order chi connectivity index (χ0) is 13.8. The Labute approximate surface area is 118 Å². The quantitative estimate of drug-likeness (QED) is 0.917. The van der Waals surface area contributed by atoms with Gasteiger partial charge >= 0.3 is 0 Å². The first-order chi connectivity index (χ1) is 9.15. The van der Waals surface area contributed by atoms with E-state index in [2.05, 4.69) is 21.2 Å². The zero-order valence-corrected chi connectivity index (χ0v) is 11.7. The van der Waals surface area contributed by atoms with Gasteiger partial charge in [-0.15, -0.1) is 0 Å². The Morgan fingerprint density at radius 2 is 1.89 bits per heavy atom. The van der Waals surface area contributed by atoms with Crippen molar-refractivity contribution < 1.29 is 9.13 Å². The van der Waals surface area contributed by atoms with Gasteiger partial charge in [-0.1, -0.05) is 0 Å². The molecule has 0 atom stereocenters. The Balaban J connectivity index is 2.28. The molecular weight excluding hydrogens is 311 g/mol. The lowest BCUT2D eigenvalue weighted by molar-refractivity contribution is 0.440. The molecule has 3 nitrogen and oxygen atoms in total. The summed E-state index contributed by atoms with van der Waals surface area (Å²) in [6.45, 7) is 0. The second kappa shape index (κ2) is 5.72. The molecule has 0 radical (unpaired) electrons. The van der Waals surface area contributed by atoms with Gasteiger partial charge in [0.2, 0.25) is 0 Å². The summed E-state index contributed by atoms with van der Waals surface area (Å²) in [5, 5.41) is 11.8. The van der Waals surface area contributed by atoms with Crippen molar-refractivity contribution in [3.63, 3.8) is 0 Å². The van der Waals surface area contributed by atoms with Gasteiger partial charge < -0.3 is 10.1 Å². The molecule has 0 amide bonds. The molecule has 0 aliphatic carbocycles. The highest BCUT2D eigenvalue weighted by Gasteiger charge is 2.12. The third-order valence-corrected chi connectivity index (χ3v) is 3.31. The van der Waals surface area contributed by atoms with E-state index in [1.807, 2.05) is 25.2 Å². The highest BCUT2D eigenvalue weighted by molar-refractivity contribution is 9.10. The number of nitrogens with one attached hydrogen (secondary N) is 1. The average Bonchev–Trinajstić information content (AvgIpc) is 2.45. The van der Waals surface area contributed by atoms with Crippen LogP contribution < -0.4 is 10.1 Å². The smallest absolute Gasteiger partial charge is 0.181 e. The van der Waals surface area contributed by atoms with Gasteiger partial charge in [0.05, 0.1) is 10.0 Å². The van der Waals surface area contributed by atoms with Gasteiger partial charge in [-0.2, -0.15) is 5.26 Å². The van der Waals surface area contributed by atoms with E-state index in [-0.39, 0.29) is 15.8 Å². The molecule has 0 bridgehead atoms. The van der Waals surface area contributed by atoms with Gasteiger partial charge in [0.1, 0.15) is 11.8 Å². The lowest BCUT2D eigenvalue weighted by Gasteiger charge is -2.09. The van der Waals surface area contributed by atoms with Gasteiger partial charge in [0.15, 0.2) is 11.6 Å². The standard InChI is InChI=1S/C14H10BrFN2O/c1-18-10-3-5-11(6-4-10)19-12-7-2-9(8-17)13(15)14(12)16/h2-7,18H,1H3. The van der Waals surface area contributed by atoms with Crippen LogP contribution >= 0.6 is 15.9 Å². The Kier molecular flexibility index (Phi) is 4.03. The number of nitriles is 1. The van der Waals surface area contributed by atoms with E-state index in [1.165, 1.54) is 12.1 Å². The first-order valence-corrected chi connectivity index (χ1v) is 6.28. The minimum atomic E-state index is -0.586. The maximum atomic E-state index is 13.9. The van der Waals surface area contributed by atoms with Crippen molar-refractivity contribution in [3.8, 4) is 17.6 Å². The largest absolute Gasteiger partial charge is 0.454 e. The van der Waals surface area contributed by atoms with Crippen LogP contribution in [0, 0.1) is 17.1 Å². The topological polar surface area (TPSA) is 45.0 Å². The Bertz CT molecular complexity index is 635. The fraction of sp³-hybridized carbons (Fsp3) is 0.0714. The maximum Gasteiger partial charge on any atom is 0.181 e. The van der Waals surface area contributed by atoms with Crippen molar-refractivity contribution in [2.75, 3.05) is 12.4 Å². The predicted molar refractivity (Wildman–Crippen MR) is 74.9 cm³/mol. The average molecular weight is 321 g/mol. The van der Waals surface area contributed by atoms with E-state index in [9.17, 15) is 4.39 Å². The third kappa shape index (κ3) is 2.85. The minimum Gasteiger partial charge on any atom is -0.454 e. The molecule has 96 valence electrons. The van der Waals surface area contributed by atoms with Crippen molar-refractivity contribution in [1.29, 1.82) is 5.26 Å². The van der Waals surface area contributed by atoms with Crippen molar-refractivity contribution in [2.45, 2.75) is 0 Å². The molecule has 5 heteroatoms. The van der Waals surface area contributed by atoms with Crippen LogP contribution in [0.5, 0.6) is 11.5 Å². The zero-order valence-electron chi connectivity index (χ0n) is 10.1. The minimum absolute atomic E-state index is 0.0723. The molecule has 0 saturated carbocycles. The number of hydrogen-bond donors (Lipinski definition) is 1. The summed E-state index contributed by atoms with van der Waals surface area (Å²) in [6.07, 6.45) is 0. The van der Waals surface area contributed by atoms with Gasteiger partial charge in [-0.25, -0.2) is 4.39 Å². The SMILES string of the molecule is CNc1ccc(Oc2ccc(C#N)c(Br)c2F)cc1. The summed E-state index contributed by atoms with van der Waals surface area (Å²) in [4.78, 5) is 0. The fourth-order valence-corrected chi connectivity index (χ4v) is 1.93. The Hall–Kier alpha value is -2.06. The van der Waals surface area contributed by atoms with Crippen LogP contribution in [0.2, 0.25) is 0 Å². The van der Waals surface area contributed by atoms with Crippen LogP contribution in [0.3, 0.4) is 0 Å². The van der Waals surface area contributed by atoms with E-state index in [0.717, 1.165) is 5.69 Å². The van der Waals surface area contributed by atoms with Crippen LogP contribution in [0.15, 0.2) is 40.9 Å². The van der Waals surface area contributed by atoms with Crippen molar-refractivity contribution in [1.82, 2.24) is 0 Å². The normalized spacial score (nSPS) is 9.79. The van der Waals surface area contributed by atoms with Crippen LogP contribution in [0.25, 0.3) is 0 Å². The number of halogens is 2. The van der Waals surface area contributed by atoms with Gasteiger partial charge in [0.25, 0.3) is 0 Å². The molecule has 2 aromatic rings. The maximum absolute atomic E-state index is 13.9. The molecule has 0 saturated heterocycles. The van der Waals surface area contributed by atoms with Gasteiger partial charge in [-0.3, -0.25) is 0 Å². The molecule has 2 aromatic carbocycles. The second-order valence-electron chi connectivity index (χ2n) is 3.73. The predicted octanol–water partition coefficient (Wildman–Crippen LogP) is 4.29. The molecule has 0 aliphatic rings. The highest BCUT2D eigenvalue weighted by Crippen LogP contribution is 2.31. The first kappa shape index (κ1) is 13.4. The molecule has 0 heterocycles. The summed E-state index contributed by atoms with van der Waals surface area (Å²) in [6, 6.07) is 11.9.